The van der Waals surface area contributed by atoms with Crippen molar-refractivity contribution in [3.63, 3.8) is 0 Å². The van der Waals surface area contributed by atoms with Crippen molar-refractivity contribution >= 4 is 5.78 Å². The van der Waals surface area contributed by atoms with Crippen LogP contribution < -0.4 is 0 Å². The Hall–Kier alpha value is -1.22. The second kappa shape index (κ2) is 3.50. The first-order chi connectivity index (χ1) is 6.68. The fourth-order valence-corrected chi connectivity index (χ4v) is 1.49. The summed E-state index contributed by atoms with van der Waals surface area (Å²) in [6.45, 7) is 1.88. The average Bonchev–Trinajstić information content (AvgIpc) is 2.99. The third kappa shape index (κ3) is 1.82. The highest BCUT2D eigenvalue weighted by atomic mass is 16.3. The number of carbonyl (C=O) groups excluding carboxylic acids is 1. The molecule has 1 fully saturated rings. The molecule has 0 radical (unpaired) electrons. The molecule has 1 atom stereocenters. The standard InChI is InChI=1S/C11H13NO2/c1-7-4-9(6-12-5-7)11(14)10(13)8-2-3-8/h4-6,8,10,13H,2-3H2,1H3. The van der Waals surface area contributed by atoms with Gasteiger partial charge in [-0.05, 0) is 37.3 Å². The molecule has 0 spiro atoms. The van der Waals surface area contributed by atoms with Crippen LogP contribution in [0.5, 0.6) is 0 Å². The maximum atomic E-state index is 11.7. The zero-order valence-electron chi connectivity index (χ0n) is 8.10. The lowest BCUT2D eigenvalue weighted by Crippen LogP contribution is -2.22. The first-order valence-electron chi connectivity index (χ1n) is 4.82. The van der Waals surface area contributed by atoms with Gasteiger partial charge in [0.2, 0.25) is 0 Å². The molecule has 0 saturated heterocycles. The van der Waals surface area contributed by atoms with Crippen LogP contribution in [0.4, 0.5) is 0 Å². The lowest BCUT2D eigenvalue weighted by atomic mass is 10.0. The fourth-order valence-electron chi connectivity index (χ4n) is 1.49. The van der Waals surface area contributed by atoms with E-state index in [0.29, 0.717) is 5.56 Å². The van der Waals surface area contributed by atoms with Gasteiger partial charge in [-0.2, -0.15) is 0 Å². The number of rotatable bonds is 3. The molecule has 1 aromatic rings. The normalized spacial score (nSPS) is 17.9. The third-order valence-electron chi connectivity index (χ3n) is 2.50. The maximum Gasteiger partial charge on any atom is 0.193 e. The predicted molar refractivity (Wildman–Crippen MR) is 52.0 cm³/mol. The molecule has 1 saturated carbocycles. The van der Waals surface area contributed by atoms with E-state index in [1.807, 2.05) is 6.92 Å². The smallest absolute Gasteiger partial charge is 0.193 e. The zero-order chi connectivity index (χ0) is 10.1. The second-order valence-corrected chi connectivity index (χ2v) is 3.90. The molecule has 74 valence electrons. The van der Waals surface area contributed by atoms with E-state index in [1.54, 1.807) is 12.3 Å². The number of nitrogens with zero attached hydrogens (tertiary/aromatic N) is 1. The minimum Gasteiger partial charge on any atom is -0.385 e. The Kier molecular flexibility index (Phi) is 2.33. The Morgan fingerprint density at radius 3 is 2.86 bits per heavy atom. The van der Waals surface area contributed by atoms with Gasteiger partial charge in [-0.15, -0.1) is 0 Å². The van der Waals surface area contributed by atoms with Gasteiger partial charge < -0.3 is 5.11 Å². The number of ketones is 1. The number of aliphatic hydroxyl groups is 1. The Labute approximate surface area is 82.8 Å². The van der Waals surface area contributed by atoms with Crippen LogP contribution in [0.2, 0.25) is 0 Å². The molecular formula is C11H13NO2. The van der Waals surface area contributed by atoms with Crippen molar-refractivity contribution in [2.45, 2.75) is 25.9 Å². The molecule has 3 nitrogen and oxygen atoms in total. The zero-order valence-corrected chi connectivity index (χ0v) is 8.10. The molecule has 0 bridgehead atoms. The summed E-state index contributed by atoms with van der Waals surface area (Å²) in [6, 6.07) is 1.76. The summed E-state index contributed by atoms with van der Waals surface area (Å²) in [6.07, 6.45) is 4.32. The molecule has 1 unspecified atom stereocenters. The van der Waals surface area contributed by atoms with Gasteiger partial charge in [0.15, 0.2) is 5.78 Å². The number of aryl methyl sites for hydroxylation is 1. The number of aromatic nitrogens is 1. The number of aliphatic hydroxyl groups excluding tert-OH is 1. The van der Waals surface area contributed by atoms with Gasteiger partial charge >= 0.3 is 0 Å². The van der Waals surface area contributed by atoms with Crippen LogP contribution in [0.3, 0.4) is 0 Å². The van der Waals surface area contributed by atoms with Crippen LogP contribution >= 0.6 is 0 Å². The van der Waals surface area contributed by atoms with Gasteiger partial charge in [0.25, 0.3) is 0 Å². The third-order valence-corrected chi connectivity index (χ3v) is 2.50. The minimum atomic E-state index is -0.821. The summed E-state index contributed by atoms with van der Waals surface area (Å²) in [5, 5.41) is 9.62. The Bertz CT molecular complexity index is 358. The Balaban J connectivity index is 2.17. The van der Waals surface area contributed by atoms with Crippen molar-refractivity contribution in [2.75, 3.05) is 0 Å². The number of hydrogen-bond donors (Lipinski definition) is 1. The fraction of sp³-hybridized carbons (Fsp3) is 0.455. The van der Waals surface area contributed by atoms with E-state index in [0.717, 1.165) is 18.4 Å². The molecule has 0 aromatic carbocycles. The number of hydrogen-bond acceptors (Lipinski definition) is 3. The molecule has 1 heterocycles. The SMILES string of the molecule is Cc1cncc(C(=O)C(O)C2CC2)c1. The van der Waals surface area contributed by atoms with Crippen LogP contribution in [0.25, 0.3) is 0 Å². The minimum absolute atomic E-state index is 0.183. The predicted octanol–water partition coefficient (Wildman–Crippen LogP) is 1.34. The molecule has 0 aliphatic heterocycles. The van der Waals surface area contributed by atoms with E-state index in [4.69, 9.17) is 0 Å². The van der Waals surface area contributed by atoms with Crippen LogP contribution in [0, 0.1) is 12.8 Å². The lowest BCUT2D eigenvalue weighted by Gasteiger charge is -2.07. The summed E-state index contributed by atoms with van der Waals surface area (Å²) >= 11 is 0. The van der Waals surface area contributed by atoms with Crippen LogP contribution in [-0.2, 0) is 0 Å². The van der Waals surface area contributed by atoms with E-state index >= 15 is 0 Å². The van der Waals surface area contributed by atoms with E-state index in [9.17, 15) is 9.90 Å². The molecule has 1 aliphatic carbocycles. The summed E-state index contributed by atoms with van der Waals surface area (Å²) in [4.78, 5) is 15.6. The van der Waals surface area contributed by atoms with Gasteiger partial charge in [0.1, 0.15) is 6.10 Å². The van der Waals surface area contributed by atoms with Crippen molar-refractivity contribution in [1.29, 1.82) is 0 Å². The number of pyridine rings is 1. The topological polar surface area (TPSA) is 50.2 Å². The second-order valence-electron chi connectivity index (χ2n) is 3.90. The highest BCUT2D eigenvalue weighted by molar-refractivity contribution is 5.99. The van der Waals surface area contributed by atoms with Crippen LogP contribution in [0.1, 0.15) is 28.8 Å². The van der Waals surface area contributed by atoms with Crippen molar-refractivity contribution in [1.82, 2.24) is 4.98 Å². The van der Waals surface area contributed by atoms with Crippen molar-refractivity contribution < 1.29 is 9.90 Å². The van der Waals surface area contributed by atoms with Crippen LogP contribution in [-0.4, -0.2) is 22.0 Å². The largest absolute Gasteiger partial charge is 0.385 e. The van der Waals surface area contributed by atoms with Crippen LogP contribution in [0.15, 0.2) is 18.5 Å². The molecule has 0 amide bonds. The molecular weight excluding hydrogens is 178 g/mol. The van der Waals surface area contributed by atoms with E-state index in [1.165, 1.54) is 6.20 Å². The summed E-state index contributed by atoms with van der Waals surface area (Å²) in [5.41, 5.74) is 1.46. The molecule has 1 aliphatic rings. The quantitative estimate of drug-likeness (QED) is 0.733. The maximum absolute atomic E-state index is 11.7. The molecule has 3 heteroatoms. The Morgan fingerprint density at radius 1 is 1.57 bits per heavy atom. The first kappa shape index (κ1) is 9.34. The summed E-state index contributed by atoms with van der Waals surface area (Å²) < 4.78 is 0. The first-order valence-corrected chi connectivity index (χ1v) is 4.82. The highest BCUT2D eigenvalue weighted by Crippen LogP contribution is 2.33. The van der Waals surface area contributed by atoms with Gasteiger partial charge in [0, 0.05) is 18.0 Å². The molecule has 1 N–H and O–H groups in total. The number of Topliss-reactive ketones (excluding diaryl/α,β-unsaturated/α-hetero) is 1. The van der Waals surface area contributed by atoms with E-state index in [-0.39, 0.29) is 11.7 Å². The summed E-state index contributed by atoms with van der Waals surface area (Å²) in [7, 11) is 0. The highest BCUT2D eigenvalue weighted by Gasteiger charge is 2.34. The van der Waals surface area contributed by atoms with E-state index in [2.05, 4.69) is 4.98 Å². The average molecular weight is 191 g/mol. The van der Waals surface area contributed by atoms with Gasteiger partial charge in [-0.3, -0.25) is 9.78 Å². The molecule has 2 rings (SSSR count). The van der Waals surface area contributed by atoms with Crippen molar-refractivity contribution in [3.05, 3.63) is 29.6 Å². The summed E-state index contributed by atoms with van der Waals surface area (Å²) in [5.74, 6) is -0.00767. The van der Waals surface area contributed by atoms with Crippen molar-refractivity contribution in [2.24, 2.45) is 5.92 Å². The Morgan fingerprint density at radius 2 is 2.29 bits per heavy atom. The lowest BCUT2D eigenvalue weighted by molar-refractivity contribution is 0.0703. The molecule has 14 heavy (non-hydrogen) atoms. The van der Waals surface area contributed by atoms with Gasteiger partial charge in [0.05, 0.1) is 0 Å². The van der Waals surface area contributed by atoms with Crippen molar-refractivity contribution in [3.8, 4) is 0 Å². The molecule has 1 aromatic heterocycles. The van der Waals surface area contributed by atoms with Gasteiger partial charge in [-0.25, -0.2) is 0 Å². The van der Waals surface area contributed by atoms with E-state index < -0.39 is 6.10 Å². The monoisotopic (exact) mass is 191 g/mol. The van der Waals surface area contributed by atoms with Gasteiger partial charge in [-0.1, -0.05) is 0 Å². The number of carbonyl (C=O) groups is 1.